The molecule has 0 fully saturated rings. The highest BCUT2D eigenvalue weighted by molar-refractivity contribution is 7.91. The summed E-state index contributed by atoms with van der Waals surface area (Å²) in [6, 6.07) is 7.61. The second-order valence-corrected chi connectivity index (χ2v) is 8.37. The molecule has 0 bridgehead atoms. The number of pyridine rings is 1. The number of sulfone groups is 1. The molecule has 0 aliphatic heterocycles. The number of halogens is 1. The van der Waals surface area contributed by atoms with Crippen LogP contribution in [0.15, 0.2) is 30.5 Å². The third kappa shape index (κ3) is 3.97. The van der Waals surface area contributed by atoms with Gasteiger partial charge >= 0.3 is 0 Å². The van der Waals surface area contributed by atoms with Gasteiger partial charge in [-0.1, -0.05) is 30.7 Å². The van der Waals surface area contributed by atoms with Crippen LogP contribution in [-0.4, -0.2) is 42.9 Å². The normalized spacial score (nSPS) is 13.7. The summed E-state index contributed by atoms with van der Waals surface area (Å²) in [5.41, 5.74) is 1.80. The zero-order chi connectivity index (χ0) is 16.3. The smallest absolute Gasteiger partial charge is 0.151 e. The van der Waals surface area contributed by atoms with Gasteiger partial charge in [-0.3, -0.25) is 9.88 Å². The zero-order valence-corrected chi connectivity index (χ0v) is 14.7. The van der Waals surface area contributed by atoms with Crippen molar-refractivity contribution in [2.75, 3.05) is 18.6 Å². The molecule has 0 N–H and O–H groups in total. The number of aromatic nitrogens is 1. The van der Waals surface area contributed by atoms with E-state index in [-0.39, 0.29) is 17.5 Å². The van der Waals surface area contributed by atoms with Gasteiger partial charge in [0.15, 0.2) is 9.84 Å². The number of hydrogen-bond donors (Lipinski definition) is 0. The number of rotatable bonds is 6. The van der Waals surface area contributed by atoms with Gasteiger partial charge in [0, 0.05) is 40.5 Å². The third-order valence-corrected chi connectivity index (χ3v) is 6.14. The Morgan fingerprint density at radius 1 is 1.32 bits per heavy atom. The Kier molecular flexibility index (Phi) is 5.42. The van der Waals surface area contributed by atoms with Crippen molar-refractivity contribution in [3.63, 3.8) is 0 Å². The van der Waals surface area contributed by atoms with E-state index >= 15 is 0 Å². The minimum absolute atomic E-state index is 0.0833. The van der Waals surface area contributed by atoms with Crippen molar-refractivity contribution < 1.29 is 8.42 Å². The lowest BCUT2D eigenvalue weighted by molar-refractivity contribution is 0.268. The van der Waals surface area contributed by atoms with E-state index in [2.05, 4.69) is 4.98 Å². The van der Waals surface area contributed by atoms with E-state index in [1.165, 1.54) is 0 Å². The van der Waals surface area contributed by atoms with Crippen LogP contribution in [0.5, 0.6) is 0 Å². The fourth-order valence-electron chi connectivity index (χ4n) is 2.35. The second-order valence-electron chi connectivity index (χ2n) is 5.56. The summed E-state index contributed by atoms with van der Waals surface area (Å²) in [4.78, 5) is 6.42. The monoisotopic (exact) mass is 340 g/mol. The van der Waals surface area contributed by atoms with Gasteiger partial charge in [0.2, 0.25) is 0 Å². The molecular weight excluding hydrogens is 320 g/mol. The lowest BCUT2D eigenvalue weighted by atomic mass is 10.1. The van der Waals surface area contributed by atoms with E-state index in [1.807, 2.05) is 43.1 Å². The van der Waals surface area contributed by atoms with Crippen LogP contribution in [0.25, 0.3) is 10.9 Å². The Bertz CT molecular complexity index is 762. The largest absolute Gasteiger partial charge is 0.298 e. The van der Waals surface area contributed by atoms with Crippen LogP contribution in [0.1, 0.15) is 19.4 Å². The summed E-state index contributed by atoms with van der Waals surface area (Å²) >= 11 is 6.33. The average Bonchev–Trinajstić information content (AvgIpc) is 2.49. The Hall–Kier alpha value is -1.17. The van der Waals surface area contributed by atoms with Crippen molar-refractivity contribution in [2.45, 2.75) is 26.4 Å². The molecule has 0 saturated carbocycles. The summed E-state index contributed by atoms with van der Waals surface area (Å²) in [7, 11) is -1.09. The van der Waals surface area contributed by atoms with E-state index in [0.717, 1.165) is 16.5 Å². The Balaban J connectivity index is 2.25. The lowest BCUT2D eigenvalue weighted by Gasteiger charge is -2.25. The third-order valence-electron chi connectivity index (χ3n) is 3.92. The van der Waals surface area contributed by atoms with E-state index in [4.69, 9.17) is 11.6 Å². The highest BCUT2D eigenvalue weighted by Gasteiger charge is 2.19. The fraction of sp³-hybridized carbons (Fsp3) is 0.438. The first-order valence-corrected chi connectivity index (χ1v) is 9.46. The Labute approximate surface area is 137 Å². The molecule has 1 aromatic heterocycles. The van der Waals surface area contributed by atoms with Crippen molar-refractivity contribution in [3.8, 4) is 0 Å². The maximum Gasteiger partial charge on any atom is 0.151 e. The van der Waals surface area contributed by atoms with Gasteiger partial charge in [0.25, 0.3) is 0 Å². The predicted octanol–water partition coefficient (Wildman–Crippen LogP) is 3.14. The van der Waals surface area contributed by atoms with Gasteiger partial charge in [-0.15, -0.1) is 0 Å². The summed E-state index contributed by atoms with van der Waals surface area (Å²) < 4.78 is 23.6. The number of hydrogen-bond acceptors (Lipinski definition) is 4. The predicted molar refractivity (Wildman–Crippen MR) is 92.0 cm³/mol. The average molecular weight is 341 g/mol. The first-order chi connectivity index (χ1) is 10.3. The van der Waals surface area contributed by atoms with Gasteiger partial charge in [0.05, 0.1) is 11.3 Å². The van der Waals surface area contributed by atoms with Crippen molar-refractivity contribution >= 4 is 32.3 Å². The summed E-state index contributed by atoms with van der Waals surface area (Å²) in [6.07, 6.45) is 1.74. The molecule has 0 amide bonds. The molecule has 4 nitrogen and oxygen atoms in total. The van der Waals surface area contributed by atoms with Crippen molar-refractivity contribution in [2.24, 2.45) is 0 Å². The van der Waals surface area contributed by atoms with Crippen LogP contribution in [0.2, 0.25) is 5.02 Å². The van der Waals surface area contributed by atoms with Gasteiger partial charge in [-0.2, -0.15) is 0 Å². The molecule has 120 valence electrons. The topological polar surface area (TPSA) is 50.3 Å². The standard InChI is InChI=1S/C16H21ClN2O2S/c1-4-22(20,21)11-12(2)19(3)10-14-15(17)8-7-13-6-5-9-18-16(13)14/h5-9,12H,4,10-11H2,1-3H3/t12-/m1/s1. The first kappa shape index (κ1) is 17.2. The van der Waals surface area contributed by atoms with E-state index < -0.39 is 9.84 Å². The highest BCUT2D eigenvalue weighted by Crippen LogP contribution is 2.26. The number of nitrogens with zero attached hydrogens (tertiary/aromatic N) is 2. The number of fused-ring (bicyclic) bond motifs is 1. The molecule has 0 aliphatic carbocycles. The van der Waals surface area contributed by atoms with Crippen molar-refractivity contribution in [1.82, 2.24) is 9.88 Å². The molecule has 0 unspecified atom stereocenters. The molecule has 0 spiro atoms. The molecule has 1 aromatic carbocycles. The Morgan fingerprint density at radius 3 is 2.73 bits per heavy atom. The lowest BCUT2D eigenvalue weighted by Crippen LogP contribution is -2.35. The van der Waals surface area contributed by atoms with Gasteiger partial charge in [0.1, 0.15) is 0 Å². The van der Waals surface area contributed by atoms with Crippen LogP contribution in [0, 0.1) is 0 Å². The molecule has 2 rings (SSSR count). The summed E-state index contributed by atoms with van der Waals surface area (Å²) in [5, 5.41) is 1.69. The molecule has 0 aliphatic rings. The SMILES string of the molecule is CCS(=O)(=O)C[C@@H](C)N(C)Cc1c(Cl)ccc2cccnc12. The molecule has 22 heavy (non-hydrogen) atoms. The van der Waals surface area contributed by atoms with Gasteiger partial charge in [-0.05, 0) is 26.1 Å². The first-order valence-electron chi connectivity index (χ1n) is 7.27. The van der Waals surface area contributed by atoms with E-state index in [0.29, 0.717) is 11.6 Å². The van der Waals surface area contributed by atoms with Crippen molar-refractivity contribution in [1.29, 1.82) is 0 Å². The van der Waals surface area contributed by atoms with E-state index in [9.17, 15) is 8.42 Å². The van der Waals surface area contributed by atoms with Crippen LogP contribution in [0.4, 0.5) is 0 Å². The second kappa shape index (κ2) is 6.94. The highest BCUT2D eigenvalue weighted by atomic mass is 35.5. The molecule has 1 atom stereocenters. The van der Waals surface area contributed by atoms with Gasteiger partial charge < -0.3 is 0 Å². The molecule has 6 heteroatoms. The van der Waals surface area contributed by atoms with Gasteiger partial charge in [-0.25, -0.2) is 8.42 Å². The fourth-order valence-corrected chi connectivity index (χ4v) is 3.79. The van der Waals surface area contributed by atoms with Crippen LogP contribution >= 0.6 is 11.6 Å². The molecule has 0 radical (unpaired) electrons. The molecule has 0 saturated heterocycles. The quantitative estimate of drug-likeness (QED) is 0.810. The maximum absolute atomic E-state index is 11.8. The minimum atomic E-state index is -3.00. The molecule has 1 heterocycles. The van der Waals surface area contributed by atoms with Crippen molar-refractivity contribution in [3.05, 3.63) is 41.0 Å². The van der Waals surface area contributed by atoms with Crippen LogP contribution in [-0.2, 0) is 16.4 Å². The zero-order valence-electron chi connectivity index (χ0n) is 13.1. The van der Waals surface area contributed by atoms with E-state index in [1.54, 1.807) is 13.1 Å². The Morgan fingerprint density at radius 2 is 2.05 bits per heavy atom. The van der Waals surface area contributed by atoms with Crippen LogP contribution in [0.3, 0.4) is 0 Å². The molecule has 2 aromatic rings. The molecular formula is C16H21ClN2O2S. The summed E-state index contributed by atoms with van der Waals surface area (Å²) in [6.45, 7) is 4.15. The number of benzene rings is 1. The summed E-state index contributed by atoms with van der Waals surface area (Å²) in [5.74, 6) is 0.317. The maximum atomic E-state index is 11.8. The van der Waals surface area contributed by atoms with Crippen LogP contribution < -0.4 is 0 Å². The minimum Gasteiger partial charge on any atom is -0.298 e.